The molecule has 0 saturated carbocycles. The van der Waals surface area contributed by atoms with Crippen molar-refractivity contribution in [3.05, 3.63) is 0 Å². The Hall–Kier alpha value is -0.650. The Bertz CT molecular complexity index is 467. The van der Waals surface area contributed by atoms with E-state index in [2.05, 4.69) is 47.3 Å². The molecule has 0 aromatic carbocycles. The lowest BCUT2D eigenvalue weighted by molar-refractivity contribution is -0.135. The monoisotopic (exact) mass is 378 g/mol. The van der Waals surface area contributed by atoms with Crippen molar-refractivity contribution in [2.75, 3.05) is 65.4 Å². The zero-order valence-electron chi connectivity index (χ0n) is 18.3. The molecule has 0 bridgehead atoms. The Morgan fingerprint density at radius 3 is 1.81 bits per heavy atom. The molecule has 0 radical (unpaired) electrons. The number of rotatable bonds is 5. The highest BCUT2D eigenvalue weighted by Crippen LogP contribution is 2.41. The molecule has 3 aliphatic rings. The average molecular weight is 379 g/mol. The molecule has 0 atom stereocenters. The van der Waals surface area contributed by atoms with Crippen LogP contribution in [0.1, 0.15) is 53.4 Å². The van der Waals surface area contributed by atoms with Gasteiger partial charge in [0.15, 0.2) is 0 Å². The van der Waals surface area contributed by atoms with E-state index in [1.807, 2.05) is 0 Å². The number of amides is 1. The lowest BCUT2D eigenvalue weighted by Gasteiger charge is -2.48. The van der Waals surface area contributed by atoms with Crippen LogP contribution in [0.2, 0.25) is 0 Å². The maximum atomic E-state index is 12.8. The second kappa shape index (κ2) is 9.23. The first-order chi connectivity index (χ1) is 12.9. The van der Waals surface area contributed by atoms with Gasteiger partial charge in [0, 0.05) is 51.9 Å². The zero-order chi connectivity index (χ0) is 19.4. The number of carbonyl (C=O) groups is 1. The lowest BCUT2D eigenvalue weighted by Crippen LogP contribution is -2.53. The summed E-state index contributed by atoms with van der Waals surface area (Å²) in [5, 5.41) is 0. The Morgan fingerprint density at radius 1 is 0.778 bits per heavy atom. The quantitative estimate of drug-likeness (QED) is 0.735. The minimum atomic E-state index is 0.363. The minimum absolute atomic E-state index is 0.363. The highest BCUT2D eigenvalue weighted by molar-refractivity contribution is 5.78. The Kier molecular flexibility index (Phi) is 7.20. The smallest absolute Gasteiger partial charge is 0.236 e. The summed E-state index contributed by atoms with van der Waals surface area (Å²) in [6.07, 6.45) is 5.08. The van der Waals surface area contributed by atoms with Crippen molar-refractivity contribution in [3.8, 4) is 0 Å². The van der Waals surface area contributed by atoms with Crippen molar-refractivity contribution in [2.24, 2.45) is 11.3 Å². The molecule has 3 aliphatic heterocycles. The van der Waals surface area contributed by atoms with Crippen molar-refractivity contribution < 1.29 is 4.79 Å². The van der Waals surface area contributed by atoms with Gasteiger partial charge in [-0.05, 0) is 64.0 Å². The largest absolute Gasteiger partial charge is 0.342 e. The number of nitrogens with zero attached hydrogens (tertiary/aromatic N) is 4. The highest BCUT2D eigenvalue weighted by Gasteiger charge is 2.39. The van der Waals surface area contributed by atoms with Crippen LogP contribution in [0.3, 0.4) is 0 Å². The average Bonchev–Trinajstić information content (AvgIpc) is 2.64. The van der Waals surface area contributed by atoms with Gasteiger partial charge in [0.1, 0.15) is 0 Å². The standard InChI is InChI=1S/C22H42N4O/c1-19(2)17-23-13-15-24(16-14-23)18-21(27)26-11-7-22(8-12-26)5-9-25(10-6-22)20(3)4/h19-20H,5-18H2,1-4H3. The molecule has 3 saturated heterocycles. The van der Waals surface area contributed by atoms with Crippen LogP contribution < -0.4 is 0 Å². The number of hydrogen-bond donors (Lipinski definition) is 0. The van der Waals surface area contributed by atoms with E-state index in [0.29, 0.717) is 23.9 Å². The van der Waals surface area contributed by atoms with Gasteiger partial charge < -0.3 is 14.7 Å². The van der Waals surface area contributed by atoms with Gasteiger partial charge in [-0.15, -0.1) is 0 Å². The molecular formula is C22H42N4O. The molecule has 5 nitrogen and oxygen atoms in total. The summed E-state index contributed by atoms with van der Waals surface area (Å²) < 4.78 is 0. The van der Waals surface area contributed by atoms with Crippen molar-refractivity contribution in [1.29, 1.82) is 0 Å². The van der Waals surface area contributed by atoms with Gasteiger partial charge in [0.25, 0.3) is 0 Å². The van der Waals surface area contributed by atoms with Gasteiger partial charge in [-0.3, -0.25) is 9.69 Å². The summed E-state index contributed by atoms with van der Waals surface area (Å²) >= 11 is 0. The Labute approximate surface area is 167 Å². The van der Waals surface area contributed by atoms with Crippen LogP contribution in [-0.2, 0) is 4.79 Å². The fourth-order valence-corrected chi connectivity index (χ4v) is 5.18. The van der Waals surface area contributed by atoms with E-state index in [-0.39, 0.29) is 0 Å². The molecule has 27 heavy (non-hydrogen) atoms. The van der Waals surface area contributed by atoms with E-state index in [1.165, 1.54) is 45.3 Å². The molecule has 5 heteroatoms. The highest BCUT2D eigenvalue weighted by atomic mass is 16.2. The molecular weight excluding hydrogens is 336 g/mol. The van der Waals surface area contributed by atoms with E-state index in [4.69, 9.17) is 0 Å². The molecule has 0 unspecified atom stereocenters. The van der Waals surface area contributed by atoms with Crippen LogP contribution >= 0.6 is 0 Å². The normalized spacial score (nSPS) is 25.6. The molecule has 1 amide bonds. The van der Waals surface area contributed by atoms with E-state index in [0.717, 1.165) is 45.2 Å². The summed E-state index contributed by atoms with van der Waals surface area (Å²) in [7, 11) is 0. The third-order valence-corrected chi connectivity index (χ3v) is 7.21. The second-order valence-corrected chi connectivity index (χ2v) is 9.98. The fourth-order valence-electron chi connectivity index (χ4n) is 5.18. The summed E-state index contributed by atoms with van der Waals surface area (Å²) in [5.41, 5.74) is 0.518. The topological polar surface area (TPSA) is 30.0 Å². The van der Waals surface area contributed by atoms with Gasteiger partial charge >= 0.3 is 0 Å². The first-order valence-corrected chi connectivity index (χ1v) is 11.3. The minimum Gasteiger partial charge on any atom is -0.342 e. The summed E-state index contributed by atoms with van der Waals surface area (Å²) in [5.74, 6) is 1.09. The zero-order valence-corrected chi connectivity index (χ0v) is 18.3. The van der Waals surface area contributed by atoms with Crippen LogP contribution in [0.4, 0.5) is 0 Å². The van der Waals surface area contributed by atoms with Crippen molar-refractivity contribution in [3.63, 3.8) is 0 Å². The second-order valence-electron chi connectivity index (χ2n) is 9.98. The van der Waals surface area contributed by atoms with Crippen LogP contribution in [0, 0.1) is 11.3 Å². The van der Waals surface area contributed by atoms with Crippen LogP contribution in [0.15, 0.2) is 0 Å². The van der Waals surface area contributed by atoms with Crippen molar-refractivity contribution >= 4 is 5.91 Å². The van der Waals surface area contributed by atoms with Gasteiger partial charge in [0.05, 0.1) is 6.54 Å². The predicted octanol–water partition coefficient (Wildman–Crippen LogP) is 2.37. The first-order valence-electron chi connectivity index (χ1n) is 11.3. The summed E-state index contributed by atoms with van der Waals surface area (Å²) in [6.45, 7) is 19.7. The van der Waals surface area contributed by atoms with Gasteiger partial charge in [0.2, 0.25) is 5.91 Å². The maximum Gasteiger partial charge on any atom is 0.236 e. The molecule has 0 aromatic heterocycles. The number of piperidine rings is 2. The van der Waals surface area contributed by atoms with Crippen molar-refractivity contribution in [1.82, 2.24) is 19.6 Å². The van der Waals surface area contributed by atoms with Crippen LogP contribution in [-0.4, -0.2) is 97.0 Å². The van der Waals surface area contributed by atoms with Gasteiger partial charge in [-0.1, -0.05) is 13.8 Å². The number of carbonyl (C=O) groups excluding carboxylic acids is 1. The van der Waals surface area contributed by atoms with Crippen LogP contribution in [0.5, 0.6) is 0 Å². The van der Waals surface area contributed by atoms with E-state index in [9.17, 15) is 4.79 Å². The summed E-state index contributed by atoms with van der Waals surface area (Å²) in [6, 6.07) is 0.671. The van der Waals surface area contributed by atoms with Gasteiger partial charge in [-0.2, -0.15) is 0 Å². The molecule has 0 aromatic rings. The van der Waals surface area contributed by atoms with E-state index >= 15 is 0 Å². The maximum absolute atomic E-state index is 12.8. The SMILES string of the molecule is CC(C)CN1CCN(CC(=O)N2CCC3(CC2)CCN(C(C)C)CC3)CC1. The number of likely N-dealkylation sites (tertiary alicyclic amines) is 2. The third kappa shape index (κ3) is 5.68. The fraction of sp³-hybridized carbons (Fsp3) is 0.955. The molecule has 0 aliphatic carbocycles. The molecule has 1 spiro atoms. The third-order valence-electron chi connectivity index (χ3n) is 7.21. The Balaban J connectivity index is 1.38. The van der Waals surface area contributed by atoms with E-state index in [1.54, 1.807) is 0 Å². The summed E-state index contributed by atoms with van der Waals surface area (Å²) in [4.78, 5) is 22.5. The lowest BCUT2D eigenvalue weighted by atomic mass is 9.71. The molecule has 3 rings (SSSR count). The molecule has 3 fully saturated rings. The Morgan fingerprint density at radius 2 is 1.30 bits per heavy atom. The number of piperazine rings is 1. The number of hydrogen-bond acceptors (Lipinski definition) is 4. The van der Waals surface area contributed by atoms with Crippen LogP contribution in [0.25, 0.3) is 0 Å². The first kappa shape index (κ1) is 21.1. The van der Waals surface area contributed by atoms with Gasteiger partial charge in [-0.25, -0.2) is 0 Å². The molecule has 0 N–H and O–H groups in total. The molecule has 156 valence electrons. The molecule has 3 heterocycles. The predicted molar refractivity (Wildman–Crippen MR) is 112 cm³/mol. The van der Waals surface area contributed by atoms with E-state index < -0.39 is 0 Å². The van der Waals surface area contributed by atoms with Crippen molar-refractivity contribution in [2.45, 2.75) is 59.4 Å².